The zero-order valence-electron chi connectivity index (χ0n) is 14.9. The van der Waals surface area contributed by atoms with E-state index in [4.69, 9.17) is 5.11 Å². The number of nitrogens with zero attached hydrogens (tertiary/aromatic N) is 2. The van der Waals surface area contributed by atoms with E-state index in [-0.39, 0.29) is 12.1 Å². The molecule has 0 atom stereocenters. The molecule has 3 rings (SSSR count). The molecule has 0 aliphatic heterocycles. The molecule has 0 radical (unpaired) electrons. The summed E-state index contributed by atoms with van der Waals surface area (Å²) in [7, 11) is 0. The highest BCUT2D eigenvalue weighted by molar-refractivity contribution is 9.10. The van der Waals surface area contributed by atoms with Gasteiger partial charge in [0.05, 0.1) is 0 Å². The summed E-state index contributed by atoms with van der Waals surface area (Å²) in [6.45, 7) is 1.73. The molecule has 7 heteroatoms. The number of aliphatic carboxylic acids is 1. The second kappa shape index (κ2) is 8.11. The Kier molecular flexibility index (Phi) is 5.62. The summed E-state index contributed by atoms with van der Waals surface area (Å²) < 4.78 is 2.43. The van der Waals surface area contributed by atoms with Gasteiger partial charge in [-0.1, -0.05) is 40.2 Å². The minimum Gasteiger partial charge on any atom is -0.480 e. The van der Waals surface area contributed by atoms with Gasteiger partial charge in [-0.2, -0.15) is 5.26 Å². The summed E-state index contributed by atoms with van der Waals surface area (Å²) >= 11 is 3.41. The molecule has 0 saturated heterocycles. The van der Waals surface area contributed by atoms with Crippen LogP contribution >= 0.6 is 15.9 Å². The molecule has 6 nitrogen and oxygen atoms in total. The van der Waals surface area contributed by atoms with Gasteiger partial charge in [0.25, 0.3) is 5.91 Å². The first kappa shape index (κ1) is 19.4. The molecule has 1 amide bonds. The van der Waals surface area contributed by atoms with E-state index in [1.165, 1.54) is 6.08 Å². The lowest BCUT2D eigenvalue weighted by molar-refractivity contribution is -0.137. The lowest BCUT2D eigenvalue weighted by atomic mass is 10.1. The summed E-state index contributed by atoms with van der Waals surface area (Å²) in [5.74, 6) is -1.51. The van der Waals surface area contributed by atoms with Crippen LogP contribution in [0.1, 0.15) is 11.1 Å². The number of aryl methyl sites for hydroxylation is 1. The fourth-order valence-electron chi connectivity index (χ4n) is 2.84. The maximum Gasteiger partial charge on any atom is 0.323 e. The Balaban J connectivity index is 1.96. The molecule has 0 bridgehead atoms. The minimum atomic E-state index is -0.973. The predicted molar refractivity (Wildman–Crippen MR) is 111 cm³/mol. The second-order valence-electron chi connectivity index (χ2n) is 6.21. The third-order valence-corrected chi connectivity index (χ3v) is 5.07. The normalized spacial score (nSPS) is 11.2. The average Bonchev–Trinajstić information content (AvgIpc) is 2.99. The van der Waals surface area contributed by atoms with Gasteiger partial charge in [0, 0.05) is 32.8 Å². The molecule has 0 unspecified atom stereocenters. The van der Waals surface area contributed by atoms with Crippen molar-refractivity contribution in [2.24, 2.45) is 0 Å². The van der Waals surface area contributed by atoms with Crippen LogP contribution in [0.4, 0.5) is 5.69 Å². The predicted octanol–water partition coefficient (Wildman–Crippen LogP) is 4.34. The van der Waals surface area contributed by atoms with Crippen LogP contribution in [0.2, 0.25) is 0 Å². The van der Waals surface area contributed by atoms with Crippen molar-refractivity contribution in [3.63, 3.8) is 0 Å². The van der Waals surface area contributed by atoms with Crippen LogP contribution in [-0.2, 0) is 16.1 Å². The van der Waals surface area contributed by atoms with Crippen LogP contribution in [-0.4, -0.2) is 21.6 Å². The van der Waals surface area contributed by atoms with Crippen molar-refractivity contribution in [3.05, 3.63) is 69.8 Å². The lowest BCUT2D eigenvalue weighted by Crippen LogP contribution is -2.13. The summed E-state index contributed by atoms with van der Waals surface area (Å²) in [6.07, 6.45) is 3.10. The van der Waals surface area contributed by atoms with E-state index < -0.39 is 11.9 Å². The van der Waals surface area contributed by atoms with Gasteiger partial charge < -0.3 is 15.0 Å². The van der Waals surface area contributed by atoms with Crippen molar-refractivity contribution < 1.29 is 14.7 Å². The van der Waals surface area contributed by atoms with Crippen LogP contribution in [0.25, 0.3) is 17.0 Å². The summed E-state index contributed by atoms with van der Waals surface area (Å²) in [5.41, 5.74) is 2.84. The zero-order valence-corrected chi connectivity index (χ0v) is 16.5. The number of benzene rings is 2. The van der Waals surface area contributed by atoms with Crippen LogP contribution in [0.5, 0.6) is 0 Å². The van der Waals surface area contributed by atoms with Gasteiger partial charge in [-0.15, -0.1) is 0 Å². The number of nitrogens with one attached hydrogen (secondary N) is 1. The highest BCUT2D eigenvalue weighted by Crippen LogP contribution is 2.25. The van der Waals surface area contributed by atoms with E-state index in [2.05, 4.69) is 21.2 Å². The standard InChI is InChI=1S/C21H16BrN3O3/c1-13-6-7-16(9-18(13)22)24-21(28)14(10-23)8-15-11-25(12-20(26)27)19-5-3-2-4-17(15)19/h2-9,11H,12H2,1H3,(H,24,28)(H,26,27). The highest BCUT2D eigenvalue weighted by atomic mass is 79.9. The number of amides is 1. The fraction of sp³-hybridized carbons (Fsp3) is 0.0952. The van der Waals surface area contributed by atoms with Gasteiger partial charge in [-0.25, -0.2) is 0 Å². The zero-order chi connectivity index (χ0) is 20.3. The highest BCUT2D eigenvalue weighted by Gasteiger charge is 2.14. The first-order chi connectivity index (χ1) is 13.4. The van der Waals surface area contributed by atoms with E-state index in [0.717, 1.165) is 20.9 Å². The van der Waals surface area contributed by atoms with Crippen LogP contribution in [0.3, 0.4) is 0 Å². The molecule has 0 aliphatic rings. The number of carboxylic acids is 1. The summed E-state index contributed by atoms with van der Waals surface area (Å²) in [6, 6.07) is 14.5. The molecule has 28 heavy (non-hydrogen) atoms. The van der Waals surface area contributed by atoms with E-state index in [0.29, 0.717) is 11.3 Å². The van der Waals surface area contributed by atoms with Crippen molar-refractivity contribution in [1.29, 1.82) is 5.26 Å². The molecular formula is C21H16BrN3O3. The number of aromatic nitrogens is 1. The third kappa shape index (κ3) is 4.13. The number of carbonyl (C=O) groups is 2. The number of hydrogen-bond acceptors (Lipinski definition) is 3. The monoisotopic (exact) mass is 437 g/mol. The van der Waals surface area contributed by atoms with E-state index in [1.807, 2.05) is 31.2 Å². The molecule has 0 saturated carbocycles. The van der Waals surface area contributed by atoms with Crippen LogP contribution in [0.15, 0.2) is 58.7 Å². The Morgan fingerprint density at radius 3 is 2.71 bits per heavy atom. The molecule has 2 N–H and O–H groups in total. The Morgan fingerprint density at radius 1 is 1.29 bits per heavy atom. The van der Waals surface area contributed by atoms with Crippen LogP contribution in [0, 0.1) is 18.3 Å². The SMILES string of the molecule is Cc1ccc(NC(=O)C(C#N)=Cc2cn(CC(=O)O)c3ccccc23)cc1Br. The number of carbonyl (C=O) groups excluding carboxylic acids is 1. The molecular weight excluding hydrogens is 422 g/mol. The Morgan fingerprint density at radius 2 is 2.04 bits per heavy atom. The number of halogens is 1. The first-order valence-electron chi connectivity index (χ1n) is 8.38. The number of rotatable bonds is 5. The van der Waals surface area contributed by atoms with Gasteiger partial charge in [-0.05, 0) is 36.8 Å². The second-order valence-corrected chi connectivity index (χ2v) is 7.07. The number of para-hydroxylation sites is 1. The van der Waals surface area contributed by atoms with Crippen molar-refractivity contribution in [3.8, 4) is 6.07 Å². The Labute approximate surface area is 169 Å². The minimum absolute atomic E-state index is 0.0741. The average molecular weight is 438 g/mol. The lowest BCUT2D eigenvalue weighted by Gasteiger charge is -2.06. The molecule has 0 spiro atoms. The van der Waals surface area contributed by atoms with Gasteiger partial charge >= 0.3 is 5.97 Å². The Bertz CT molecular complexity index is 1160. The number of nitriles is 1. The molecule has 3 aromatic rings. The van der Waals surface area contributed by atoms with E-state index in [9.17, 15) is 14.9 Å². The maximum atomic E-state index is 12.5. The molecule has 1 aromatic heterocycles. The number of anilines is 1. The first-order valence-corrected chi connectivity index (χ1v) is 9.17. The number of carboxylic acid groups (broad SMARTS) is 1. The van der Waals surface area contributed by atoms with E-state index >= 15 is 0 Å². The van der Waals surface area contributed by atoms with Crippen molar-refractivity contribution in [2.45, 2.75) is 13.5 Å². The molecule has 0 aliphatic carbocycles. The number of fused-ring (bicyclic) bond motifs is 1. The molecule has 2 aromatic carbocycles. The number of hydrogen-bond donors (Lipinski definition) is 2. The largest absolute Gasteiger partial charge is 0.480 e. The fourth-order valence-corrected chi connectivity index (χ4v) is 3.22. The van der Waals surface area contributed by atoms with Crippen LogP contribution < -0.4 is 5.32 Å². The van der Waals surface area contributed by atoms with Crippen molar-refractivity contribution >= 4 is 50.5 Å². The smallest absolute Gasteiger partial charge is 0.323 e. The van der Waals surface area contributed by atoms with Gasteiger partial charge in [0.1, 0.15) is 18.2 Å². The molecule has 140 valence electrons. The topological polar surface area (TPSA) is 95.1 Å². The van der Waals surface area contributed by atoms with Crippen molar-refractivity contribution in [1.82, 2.24) is 4.57 Å². The van der Waals surface area contributed by atoms with Gasteiger partial charge in [0.2, 0.25) is 0 Å². The van der Waals surface area contributed by atoms with Crippen molar-refractivity contribution in [2.75, 3.05) is 5.32 Å². The molecule has 0 fully saturated rings. The van der Waals surface area contributed by atoms with Gasteiger partial charge in [-0.3, -0.25) is 9.59 Å². The van der Waals surface area contributed by atoms with Gasteiger partial charge in [0.15, 0.2) is 0 Å². The summed E-state index contributed by atoms with van der Waals surface area (Å²) in [4.78, 5) is 23.7. The third-order valence-electron chi connectivity index (χ3n) is 4.22. The maximum absolute atomic E-state index is 12.5. The quantitative estimate of drug-likeness (QED) is 0.458. The van der Waals surface area contributed by atoms with E-state index in [1.54, 1.807) is 35.0 Å². The Hall–Kier alpha value is -3.37. The molecule has 1 heterocycles. The summed E-state index contributed by atoms with van der Waals surface area (Å²) in [5, 5.41) is 22.0.